The number of hydrogen-bond donors (Lipinski definition) is 2. The van der Waals surface area contributed by atoms with Gasteiger partial charge in [-0.25, -0.2) is 0 Å². The molecule has 64 valence electrons. The summed E-state index contributed by atoms with van der Waals surface area (Å²) in [6.45, 7) is 1.10. The zero-order valence-electron chi connectivity index (χ0n) is 6.71. The molecule has 0 saturated carbocycles. The first-order valence-electron chi connectivity index (χ1n) is 3.99. The van der Waals surface area contributed by atoms with Gasteiger partial charge in [0.25, 0.3) is 0 Å². The van der Waals surface area contributed by atoms with E-state index in [0.717, 1.165) is 23.3 Å². The maximum absolute atomic E-state index is 9.51. The van der Waals surface area contributed by atoms with Gasteiger partial charge in [0.2, 0.25) is 0 Å². The van der Waals surface area contributed by atoms with Gasteiger partial charge in [0, 0.05) is 18.5 Å². The van der Waals surface area contributed by atoms with E-state index >= 15 is 0 Å². The Kier molecular flexibility index (Phi) is 1.66. The van der Waals surface area contributed by atoms with Crippen LogP contribution in [0, 0.1) is 0 Å². The summed E-state index contributed by atoms with van der Waals surface area (Å²) in [4.78, 5) is 0. The summed E-state index contributed by atoms with van der Waals surface area (Å²) >= 11 is 0. The van der Waals surface area contributed by atoms with Crippen LogP contribution in [0.25, 0.3) is 0 Å². The second-order valence-corrected chi connectivity index (χ2v) is 2.89. The van der Waals surface area contributed by atoms with Crippen LogP contribution in [0.4, 0.5) is 0 Å². The van der Waals surface area contributed by atoms with Crippen LogP contribution in [0.2, 0.25) is 0 Å². The molecule has 0 bridgehead atoms. The molecule has 0 amide bonds. The minimum atomic E-state index is 0.311. The molecule has 3 heteroatoms. The first-order valence-corrected chi connectivity index (χ1v) is 3.99. The monoisotopic (exact) mass is 165 g/mol. The molecule has 0 unspecified atom stereocenters. The van der Waals surface area contributed by atoms with Crippen LogP contribution < -0.4 is 10.5 Å². The molecular formula is C9H11NO2. The van der Waals surface area contributed by atoms with E-state index in [9.17, 15) is 5.11 Å². The fourth-order valence-corrected chi connectivity index (χ4v) is 1.45. The maximum atomic E-state index is 9.51. The van der Waals surface area contributed by atoms with Gasteiger partial charge in [-0.2, -0.15) is 0 Å². The standard InChI is InChI=1S/C9H11NO2/c10-5-6-3-8(11)7-1-2-12-9(7)4-6/h3-4,11H,1-2,5,10H2. The number of rotatable bonds is 1. The smallest absolute Gasteiger partial charge is 0.126 e. The topological polar surface area (TPSA) is 55.5 Å². The predicted molar refractivity (Wildman–Crippen MR) is 45.2 cm³/mol. The van der Waals surface area contributed by atoms with Gasteiger partial charge in [-0.15, -0.1) is 0 Å². The van der Waals surface area contributed by atoms with Crippen molar-refractivity contribution in [2.45, 2.75) is 13.0 Å². The molecule has 3 N–H and O–H groups in total. The number of phenols is 1. The lowest BCUT2D eigenvalue weighted by Gasteiger charge is -2.04. The van der Waals surface area contributed by atoms with Gasteiger partial charge in [-0.05, 0) is 17.7 Å². The molecule has 1 heterocycles. The molecule has 2 rings (SSSR count). The molecule has 1 aliphatic rings. The van der Waals surface area contributed by atoms with Gasteiger partial charge in [0.15, 0.2) is 0 Å². The summed E-state index contributed by atoms with van der Waals surface area (Å²) < 4.78 is 5.31. The molecule has 0 atom stereocenters. The molecule has 1 aromatic carbocycles. The molecule has 12 heavy (non-hydrogen) atoms. The van der Waals surface area contributed by atoms with E-state index in [1.165, 1.54) is 0 Å². The summed E-state index contributed by atoms with van der Waals surface area (Å²) in [5.41, 5.74) is 7.27. The summed E-state index contributed by atoms with van der Waals surface area (Å²) in [5.74, 6) is 1.10. The minimum Gasteiger partial charge on any atom is -0.508 e. The first kappa shape index (κ1) is 7.43. The molecule has 0 saturated heterocycles. The minimum absolute atomic E-state index is 0.311. The van der Waals surface area contributed by atoms with Crippen LogP contribution in [0.5, 0.6) is 11.5 Å². The number of aromatic hydroxyl groups is 1. The van der Waals surface area contributed by atoms with Crippen molar-refractivity contribution in [3.05, 3.63) is 23.3 Å². The average molecular weight is 165 g/mol. The van der Waals surface area contributed by atoms with Crippen molar-refractivity contribution in [3.8, 4) is 11.5 Å². The van der Waals surface area contributed by atoms with Gasteiger partial charge in [0.05, 0.1) is 6.61 Å². The van der Waals surface area contributed by atoms with E-state index < -0.39 is 0 Å². The zero-order chi connectivity index (χ0) is 8.55. The molecule has 0 fully saturated rings. The number of hydrogen-bond acceptors (Lipinski definition) is 3. The van der Waals surface area contributed by atoms with Crippen molar-refractivity contribution in [3.63, 3.8) is 0 Å². The second-order valence-electron chi connectivity index (χ2n) is 2.89. The van der Waals surface area contributed by atoms with Gasteiger partial charge in [-0.1, -0.05) is 0 Å². The van der Waals surface area contributed by atoms with Gasteiger partial charge >= 0.3 is 0 Å². The average Bonchev–Trinajstić information content (AvgIpc) is 2.52. The molecule has 0 aromatic heterocycles. The Morgan fingerprint density at radius 2 is 2.33 bits per heavy atom. The number of fused-ring (bicyclic) bond motifs is 1. The van der Waals surface area contributed by atoms with E-state index in [2.05, 4.69) is 0 Å². The fourth-order valence-electron chi connectivity index (χ4n) is 1.45. The molecule has 3 nitrogen and oxygen atoms in total. The summed E-state index contributed by atoms with van der Waals surface area (Å²) in [6, 6.07) is 3.59. The van der Waals surface area contributed by atoms with E-state index in [0.29, 0.717) is 18.9 Å². The van der Waals surface area contributed by atoms with Crippen molar-refractivity contribution < 1.29 is 9.84 Å². The molecule has 0 aliphatic carbocycles. The summed E-state index contributed by atoms with van der Waals surface area (Å²) in [6.07, 6.45) is 0.798. The summed E-state index contributed by atoms with van der Waals surface area (Å²) in [5, 5.41) is 9.51. The predicted octanol–water partition coefficient (Wildman–Crippen LogP) is 0.786. The van der Waals surface area contributed by atoms with E-state index in [1.54, 1.807) is 6.07 Å². The van der Waals surface area contributed by atoms with Gasteiger partial charge < -0.3 is 15.6 Å². The lowest BCUT2D eigenvalue weighted by atomic mass is 10.1. The Morgan fingerprint density at radius 3 is 3.08 bits per heavy atom. The fraction of sp³-hybridized carbons (Fsp3) is 0.333. The molecule has 0 radical (unpaired) electrons. The van der Waals surface area contributed by atoms with Crippen molar-refractivity contribution in [2.75, 3.05) is 6.61 Å². The first-order chi connectivity index (χ1) is 5.81. The van der Waals surface area contributed by atoms with Crippen molar-refractivity contribution in [1.82, 2.24) is 0 Å². The highest BCUT2D eigenvalue weighted by molar-refractivity contribution is 5.49. The van der Waals surface area contributed by atoms with Gasteiger partial charge in [-0.3, -0.25) is 0 Å². The molecule has 0 spiro atoms. The van der Waals surface area contributed by atoms with Crippen molar-refractivity contribution in [2.24, 2.45) is 5.73 Å². The van der Waals surface area contributed by atoms with E-state index in [1.807, 2.05) is 6.07 Å². The highest BCUT2D eigenvalue weighted by Crippen LogP contribution is 2.33. The van der Waals surface area contributed by atoms with Crippen LogP contribution in [0.3, 0.4) is 0 Å². The third kappa shape index (κ3) is 1.02. The number of nitrogens with two attached hydrogens (primary N) is 1. The van der Waals surface area contributed by atoms with Crippen LogP contribution >= 0.6 is 0 Å². The van der Waals surface area contributed by atoms with E-state index in [4.69, 9.17) is 10.5 Å². The lowest BCUT2D eigenvalue weighted by Crippen LogP contribution is -1.96. The van der Waals surface area contributed by atoms with Crippen molar-refractivity contribution >= 4 is 0 Å². The van der Waals surface area contributed by atoms with Crippen molar-refractivity contribution in [1.29, 1.82) is 0 Å². The maximum Gasteiger partial charge on any atom is 0.126 e. The Bertz CT molecular complexity index is 310. The van der Waals surface area contributed by atoms with Crippen LogP contribution in [0.15, 0.2) is 12.1 Å². The zero-order valence-corrected chi connectivity index (χ0v) is 6.71. The summed E-state index contributed by atoms with van der Waals surface area (Å²) in [7, 11) is 0. The quantitative estimate of drug-likeness (QED) is 0.646. The second kappa shape index (κ2) is 2.68. The lowest BCUT2D eigenvalue weighted by molar-refractivity contribution is 0.356. The molecule has 1 aromatic rings. The Hall–Kier alpha value is -1.22. The molecule has 1 aliphatic heterocycles. The Morgan fingerprint density at radius 1 is 1.50 bits per heavy atom. The van der Waals surface area contributed by atoms with E-state index in [-0.39, 0.29) is 0 Å². The normalized spacial score (nSPS) is 14.1. The number of benzene rings is 1. The number of ether oxygens (including phenoxy) is 1. The van der Waals surface area contributed by atoms with Crippen LogP contribution in [-0.4, -0.2) is 11.7 Å². The Balaban J connectivity index is 2.51. The van der Waals surface area contributed by atoms with Crippen LogP contribution in [0.1, 0.15) is 11.1 Å². The largest absolute Gasteiger partial charge is 0.508 e. The number of phenolic OH excluding ortho intramolecular Hbond substituents is 1. The molecular weight excluding hydrogens is 154 g/mol. The third-order valence-corrected chi connectivity index (χ3v) is 2.09. The van der Waals surface area contributed by atoms with Crippen LogP contribution in [-0.2, 0) is 13.0 Å². The Labute approximate surface area is 70.8 Å². The highest BCUT2D eigenvalue weighted by atomic mass is 16.5. The highest BCUT2D eigenvalue weighted by Gasteiger charge is 2.16. The van der Waals surface area contributed by atoms with Gasteiger partial charge in [0.1, 0.15) is 11.5 Å². The SMILES string of the molecule is NCc1cc(O)c2c(c1)OCC2. The third-order valence-electron chi connectivity index (χ3n) is 2.09.